The molecule has 4 nitrogen and oxygen atoms in total. The van der Waals surface area contributed by atoms with Crippen LogP contribution in [-0.2, 0) is 9.53 Å². The second kappa shape index (κ2) is 6.00. The van der Waals surface area contributed by atoms with E-state index in [1.54, 1.807) is 32.9 Å². The van der Waals surface area contributed by atoms with Gasteiger partial charge in [-0.1, -0.05) is 28.1 Å². The number of benzene rings is 1. The molecule has 1 rings (SSSR count). The Kier molecular flexibility index (Phi) is 4.90. The summed E-state index contributed by atoms with van der Waals surface area (Å²) < 4.78 is 6.01. The fourth-order valence-electron chi connectivity index (χ4n) is 1.30. The monoisotopic (exact) mass is 313 g/mol. The van der Waals surface area contributed by atoms with Gasteiger partial charge in [0.05, 0.1) is 0 Å². The lowest BCUT2D eigenvalue weighted by atomic mass is 10.1. The van der Waals surface area contributed by atoms with Crippen LogP contribution in [0.1, 0.15) is 32.4 Å². The maximum Gasteiger partial charge on any atom is 0.408 e. The minimum Gasteiger partial charge on any atom is -0.444 e. The highest BCUT2D eigenvalue weighted by atomic mass is 79.9. The van der Waals surface area contributed by atoms with E-state index in [9.17, 15) is 9.59 Å². The lowest BCUT2D eigenvalue weighted by Crippen LogP contribution is -2.35. The highest BCUT2D eigenvalue weighted by Crippen LogP contribution is 2.16. The first-order valence-electron chi connectivity index (χ1n) is 5.52. The molecule has 0 saturated carbocycles. The van der Waals surface area contributed by atoms with Crippen LogP contribution in [0.15, 0.2) is 28.7 Å². The van der Waals surface area contributed by atoms with E-state index in [2.05, 4.69) is 21.2 Å². The smallest absolute Gasteiger partial charge is 0.408 e. The summed E-state index contributed by atoms with van der Waals surface area (Å²) in [6.45, 7) is 5.30. The van der Waals surface area contributed by atoms with Crippen LogP contribution < -0.4 is 5.32 Å². The molecule has 0 spiro atoms. The highest BCUT2D eigenvalue weighted by molar-refractivity contribution is 9.10. The van der Waals surface area contributed by atoms with Crippen molar-refractivity contribution in [3.63, 3.8) is 0 Å². The van der Waals surface area contributed by atoms with Crippen molar-refractivity contribution in [2.24, 2.45) is 0 Å². The van der Waals surface area contributed by atoms with E-state index >= 15 is 0 Å². The van der Waals surface area contributed by atoms with Crippen molar-refractivity contribution in [1.29, 1.82) is 0 Å². The molecule has 0 aromatic heterocycles. The third-order valence-corrected chi connectivity index (χ3v) is 2.57. The number of amides is 1. The third kappa shape index (κ3) is 4.87. The van der Waals surface area contributed by atoms with Crippen molar-refractivity contribution >= 4 is 28.3 Å². The maximum absolute atomic E-state index is 11.6. The summed E-state index contributed by atoms with van der Waals surface area (Å²) in [5.41, 5.74) is 0.121. The molecule has 5 heteroatoms. The van der Waals surface area contributed by atoms with E-state index in [4.69, 9.17) is 4.74 Å². The molecule has 1 unspecified atom stereocenters. The van der Waals surface area contributed by atoms with Crippen molar-refractivity contribution in [2.75, 3.05) is 0 Å². The summed E-state index contributed by atoms with van der Waals surface area (Å²) in [4.78, 5) is 22.6. The van der Waals surface area contributed by atoms with Gasteiger partial charge in [0.1, 0.15) is 17.9 Å². The molecule has 0 saturated heterocycles. The lowest BCUT2D eigenvalue weighted by molar-refractivity contribution is -0.109. The third-order valence-electron chi connectivity index (χ3n) is 2.04. The Morgan fingerprint density at radius 2 is 1.89 bits per heavy atom. The molecule has 1 atom stereocenters. The van der Waals surface area contributed by atoms with Gasteiger partial charge in [0.15, 0.2) is 0 Å². The number of alkyl carbamates (subject to hydrolysis) is 1. The summed E-state index contributed by atoms with van der Waals surface area (Å²) in [6, 6.07) is 6.44. The zero-order valence-corrected chi connectivity index (χ0v) is 12.2. The fourth-order valence-corrected chi connectivity index (χ4v) is 1.56. The van der Waals surface area contributed by atoms with Crippen LogP contribution in [0.5, 0.6) is 0 Å². The van der Waals surface area contributed by atoms with Gasteiger partial charge in [-0.3, -0.25) is 0 Å². The number of hydrogen-bond acceptors (Lipinski definition) is 3. The van der Waals surface area contributed by atoms with Crippen LogP contribution in [-0.4, -0.2) is 18.0 Å². The molecule has 0 bridgehead atoms. The number of rotatable bonds is 3. The minimum absolute atomic E-state index is 0.586. The van der Waals surface area contributed by atoms with Gasteiger partial charge in [0, 0.05) is 4.47 Å². The molecule has 1 N–H and O–H groups in total. The van der Waals surface area contributed by atoms with E-state index in [0.717, 1.165) is 4.47 Å². The number of nitrogens with one attached hydrogen (secondary N) is 1. The molecular weight excluding hydrogens is 298 g/mol. The van der Waals surface area contributed by atoms with Gasteiger partial charge in [-0.2, -0.15) is 0 Å². The Balaban J connectivity index is 2.71. The summed E-state index contributed by atoms with van der Waals surface area (Å²) in [5, 5.41) is 2.51. The number of carbonyl (C=O) groups is 2. The Labute approximate surface area is 115 Å². The minimum atomic E-state index is -0.701. The first-order valence-corrected chi connectivity index (χ1v) is 6.31. The summed E-state index contributed by atoms with van der Waals surface area (Å²) in [6.07, 6.45) is 0.0650. The van der Waals surface area contributed by atoms with Crippen LogP contribution in [0.3, 0.4) is 0 Å². The Morgan fingerprint density at radius 3 is 2.33 bits per heavy atom. The molecular formula is C13H16BrNO3. The molecule has 0 fully saturated rings. The summed E-state index contributed by atoms with van der Waals surface area (Å²) in [7, 11) is 0. The van der Waals surface area contributed by atoms with Crippen LogP contribution in [0.2, 0.25) is 0 Å². The quantitative estimate of drug-likeness (QED) is 0.872. The predicted octanol–water partition coefficient (Wildman–Crippen LogP) is 3.21. The van der Waals surface area contributed by atoms with Gasteiger partial charge < -0.3 is 14.8 Å². The van der Waals surface area contributed by atoms with Crippen LogP contribution in [0.25, 0.3) is 0 Å². The van der Waals surface area contributed by atoms with E-state index < -0.39 is 17.7 Å². The molecule has 1 amide bonds. The first kappa shape index (κ1) is 14.7. The maximum atomic E-state index is 11.6. The van der Waals surface area contributed by atoms with Gasteiger partial charge in [-0.15, -0.1) is 0 Å². The molecule has 18 heavy (non-hydrogen) atoms. The zero-order valence-electron chi connectivity index (χ0n) is 10.6. The number of hydrogen-bond donors (Lipinski definition) is 1. The molecule has 0 aliphatic rings. The van der Waals surface area contributed by atoms with Gasteiger partial charge in [-0.05, 0) is 38.5 Å². The molecule has 1 aromatic rings. The van der Waals surface area contributed by atoms with Crippen molar-refractivity contribution in [1.82, 2.24) is 5.32 Å². The van der Waals surface area contributed by atoms with Crippen LogP contribution >= 0.6 is 15.9 Å². The second-order valence-electron chi connectivity index (χ2n) is 4.81. The molecule has 0 radical (unpaired) electrons. The Morgan fingerprint density at radius 1 is 1.33 bits per heavy atom. The first-order chi connectivity index (χ1) is 8.31. The van der Waals surface area contributed by atoms with Crippen LogP contribution in [0.4, 0.5) is 4.79 Å². The average molecular weight is 314 g/mol. The van der Waals surface area contributed by atoms with Crippen molar-refractivity contribution in [2.45, 2.75) is 32.4 Å². The molecule has 98 valence electrons. The molecule has 1 aromatic carbocycles. The molecule has 0 aliphatic carbocycles. The number of carbonyl (C=O) groups excluding carboxylic acids is 2. The average Bonchev–Trinajstić information content (AvgIpc) is 2.25. The SMILES string of the molecule is CC(C)(C)OC(=O)NC(C=O)c1ccc(Br)cc1. The highest BCUT2D eigenvalue weighted by Gasteiger charge is 2.19. The fraction of sp³-hybridized carbons (Fsp3) is 0.385. The summed E-state index contributed by atoms with van der Waals surface area (Å²) >= 11 is 3.31. The van der Waals surface area contributed by atoms with Gasteiger partial charge in [-0.25, -0.2) is 4.79 Å². The molecule has 0 aliphatic heterocycles. The molecule has 0 heterocycles. The Bertz CT molecular complexity index is 423. The Hall–Kier alpha value is -1.36. The van der Waals surface area contributed by atoms with Gasteiger partial charge in [0.25, 0.3) is 0 Å². The van der Waals surface area contributed by atoms with Crippen LogP contribution in [0, 0.1) is 0 Å². The second-order valence-corrected chi connectivity index (χ2v) is 5.73. The number of ether oxygens (including phenoxy) is 1. The van der Waals surface area contributed by atoms with E-state index in [0.29, 0.717) is 11.8 Å². The zero-order chi connectivity index (χ0) is 13.8. The predicted molar refractivity (Wildman–Crippen MR) is 72.3 cm³/mol. The van der Waals surface area contributed by atoms with Crippen molar-refractivity contribution < 1.29 is 14.3 Å². The topological polar surface area (TPSA) is 55.4 Å². The van der Waals surface area contributed by atoms with E-state index in [-0.39, 0.29) is 0 Å². The van der Waals surface area contributed by atoms with Crippen molar-refractivity contribution in [3.05, 3.63) is 34.3 Å². The lowest BCUT2D eigenvalue weighted by Gasteiger charge is -2.21. The van der Waals surface area contributed by atoms with Crippen molar-refractivity contribution in [3.8, 4) is 0 Å². The number of halogens is 1. The summed E-state index contributed by atoms with van der Waals surface area (Å²) in [5.74, 6) is 0. The van der Waals surface area contributed by atoms with E-state index in [1.807, 2.05) is 12.1 Å². The van der Waals surface area contributed by atoms with Gasteiger partial charge >= 0.3 is 6.09 Å². The standard InChI is InChI=1S/C13H16BrNO3/c1-13(2,3)18-12(17)15-11(8-16)9-4-6-10(14)7-5-9/h4-8,11H,1-3H3,(H,15,17). The van der Waals surface area contributed by atoms with E-state index in [1.165, 1.54) is 0 Å². The largest absolute Gasteiger partial charge is 0.444 e. The van der Waals surface area contributed by atoms with Gasteiger partial charge in [0.2, 0.25) is 0 Å². The normalized spacial score (nSPS) is 12.7. The number of aldehydes is 1.